The maximum Gasteiger partial charge on any atom is 0.275 e. The number of benzene rings is 1. The van der Waals surface area contributed by atoms with Crippen LogP contribution in [-0.4, -0.2) is 21.8 Å². The monoisotopic (exact) mass is 262 g/mol. The smallest absolute Gasteiger partial charge is 0.275 e. The molecule has 1 aliphatic rings. The molecule has 1 amide bonds. The summed E-state index contributed by atoms with van der Waals surface area (Å²) in [5.74, 6) is -0.376. The van der Waals surface area contributed by atoms with Crippen molar-refractivity contribution in [2.45, 2.75) is 32.6 Å². The SMILES string of the molecule is C[C@@H]1CCCC/C1=N/NC(=O)c1cc(O)ccc1O. The molecule has 5 heteroatoms. The number of aromatic hydroxyl groups is 2. The highest BCUT2D eigenvalue weighted by Crippen LogP contribution is 2.23. The minimum absolute atomic E-state index is 0.0211. The third-order valence-electron chi connectivity index (χ3n) is 3.41. The predicted octanol–water partition coefficient (Wildman–Crippen LogP) is 2.39. The number of phenolic OH excluding ortho intramolecular Hbond substituents is 2. The van der Waals surface area contributed by atoms with Crippen LogP contribution in [0, 0.1) is 5.92 Å². The van der Waals surface area contributed by atoms with Crippen molar-refractivity contribution in [1.82, 2.24) is 5.43 Å². The lowest BCUT2D eigenvalue weighted by molar-refractivity contribution is 0.0951. The normalized spacial score (nSPS) is 21.3. The van der Waals surface area contributed by atoms with Gasteiger partial charge in [-0.05, 0) is 43.4 Å². The highest BCUT2D eigenvalue weighted by atomic mass is 16.3. The highest BCUT2D eigenvalue weighted by molar-refractivity contribution is 5.98. The summed E-state index contributed by atoms with van der Waals surface area (Å²) in [6.07, 6.45) is 4.28. The Kier molecular flexibility index (Phi) is 4.04. The summed E-state index contributed by atoms with van der Waals surface area (Å²) >= 11 is 0. The molecule has 0 radical (unpaired) electrons. The number of phenols is 2. The van der Waals surface area contributed by atoms with E-state index in [2.05, 4.69) is 17.5 Å². The van der Waals surface area contributed by atoms with E-state index in [4.69, 9.17) is 0 Å². The number of amides is 1. The molecule has 2 rings (SSSR count). The molecule has 1 saturated carbocycles. The van der Waals surface area contributed by atoms with Crippen LogP contribution in [-0.2, 0) is 0 Å². The van der Waals surface area contributed by atoms with Gasteiger partial charge in [-0.2, -0.15) is 5.10 Å². The van der Waals surface area contributed by atoms with Crippen LogP contribution in [0.4, 0.5) is 0 Å². The Hall–Kier alpha value is -2.04. The van der Waals surface area contributed by atoms with E-state index < -0.39 is 5.91 Å². The Morgan fingerprint density at radius 3 is 2.89 bits per heavy atom. The van der Waals surface area contributed by atoms with E-state index >= 15 is 0 Å². The predicted molar refractivity (Wildman–Crippen MR) is 72.3 cm³/mol. The van der Waals surface area contributed by atoms with Crippen molar-refractivity contribution >= 4 is 11.6 Å². The van der Waals surface area contributed by atoms with Crippen molar-refractivity contribution in [2.24, 2.45) is 11.0 Å². The Labute approximate surface area is 112 Å². The molecule has 0 saturated heterocycles. The van der Waals surface area contributed by atoms with Crippen LogP contribution in [0.2, 0.25) is 0 Å². The van der Waals surface area contributed by atoms with Crippen molar-refractivity contribution < 1.29 is 15.0 Å². The molecule has 0 aromatic heterocycles. The number of rotatable bonds is 2. The Bertz CT molecular complexity index is 511. The fourth-order valence-electron chi connectivity index (χ4n) is 2.22. The average Bonchev–Trinajstić information content (AvgIpc) is 2.40. The van der Waals surface area contributed by atoms with Crippen LogP contribution in [0.3, 0.4) is 0 Å². The van der Waals surface area contributed by atoms with Crippen molar-refractivity contribution in [3.05, 3.63) is 23.8 Å². The van der Waals surface area contributed by atoms with Gasteiger partial charge in [-0.1, -0.05) is 13.3 Å². The minimum Gasteiger partial charge on any atom is -0.508 e. The average molecular weight is 262 g/mol. The lowest BCUT2D eigenvalue weighted by atomic mass is 9.89. The second-order valence-electron chi connectivity index (χ2n) is 4.89. The molecule has 102 valence electrons. The Balaban J connectivity index is 2.08. The standard InChI is InChI=1S/C14H18N2O3/c1-9-4-2-3-5-12(9)15-16-14(19)11-8-10(17)6-7-13(11)18/h6-9,17-18H,2-5H2,1H3,(H,16,19)/b15-12-/t9-/m1/s1. The third-order valence-corrected chi connectivity index (χ3v) is 3.41. The minimum atomic E-state index is -0.515. The Morgan fingerprint density at radius 1 is 1.37 bits per heavy atom. The number of hydrazone groups is 1. The second-order valence-corrected chi connectivity index (χ2v) is 4.89. The van der Waals surface area contributed by atoms with E-state index in [0.29, 0.717) is 5.92 Å². The van der Waals surface area contributed by atoms with Gasteiger partial charge in [-0.25, -0.2) is 5.43 Å². The summed E-state index contributed by atoms with van der Waals surface area (Å²) in [6, 6.07) is 3.82. The van der Waals surface area contributed by atoms with Gasteiger partial charge in [0.25, 0.3) is 5.91 Å². The van der Waals surface area contributed by atoms with Gasteiger partial charge in [0.2, 0.25) is 0 Å². The maximum absolute atomic E-state index is 11.9. The summed E-state index contributed by atoms with van der Waals surface area (Å²) < 4.78 is 0. The molecule has 0 unspecified atom stereocenters. The molecular weight excluding hydrogens is 244 g/mol. The van der Waals surface area contributed by atoms with Crippen LogP contribution in [0.1, 0.15) is 43.0 Å². The van der Waals surface area contributed by atoms with Gasteiger partial charge in [0.15, 0.2) is 0 Å². The van der Waals surface area contributed by atoms with Crippen LogP contribution < -0.4 is 5.43 Å². The number of carbonyl (C=O) groups excluding carboxylic acids is 1. The number of nitrogens with zero attached hydrogens (tertiary/aromatic N) is 1. The van der Waals surface area contributed by atoms with Gasteiger partial charge in [0.05, 0.1) is 5.56 Å². The van der Waals surface area contributed by atoms with Crippen LogP contribution >= 0.6 is 0 Å². The fraction of sp³-hybridized carbons (Fsp3) is 0.429. The summed E-state index contributed by atoms with van der Waals surface area (Å²) in [5, 5.41) is 23.0. The third kappa shape index (κ3) is 3.24. The molecule has 1 atom stereocenters. The van der Waals surface area contributed by atoms with E-state index in [1.165, 1.54) is 24.6 Å². The summed E-state index contributed by atoms with van der Waals surface area (Å²) in [7, 11) is 0. The highest BCUT2D eigenvalue weighted by Gasteiger charge is 2.17. The Morgan fingerprint density at radius 2 is 2.16 bits per heavy atom. The van der Waals surface area contributed by atoms with Gasteiger partial charge in [-0.3, -0.25) is 4.79 Å². The van der Waals surface area contributed by atoms with Crippen LogP contribution in [0.5, 0.6) is 11.5 Å². The molecule has 1 aromatic carbocycles. The number of carbonyl (C=O) groups is 1. The zero-order valence-corrected chi connectivity index (χ0v) is 10.9. The molecular formula is C14H18N2O3. The maximum atomic E-state index is 11.9. The lowest BCUT2D eigenvalue weighted by Gasteiger charge is -2.19. The topological polar surface area (TPSA) is 81.9 Å². The van der Waals surface area contributed by atoms with Gasteiger partial charge in [-0.15, -0.1) is 0 Å². The molecule has 3 N–H and O–H groups in total. The number of hydrogen-bond acceptors (Lipinski definition) is 4. The van der Waals surface area contributed by atoms with Crippen molar-refractivity contribution in [2.75, 3.05) is 0 Å². The zero-order valence-electron chi connectivity index (χ0n) is 10.9. The molecule has 19 heavy (non-hydrogen) atoms. The van der Waals surface area contributed by atoms with Gasteiger partial charge >= 0.3 is 0 Å². The molecule has 1 aliphatic carbocycles. The zero-order chi connectivity index (χ0) is 13.8. The first-order valence-electron chi connectivity index (χ1n) is 6.46. The van der Waals surface area contributed by atoms with E-state index in [0.717, 1.165) is 25.0 Å². The van der Waals surface area contributed by atoms with Gasteiger partial charge in [0, 0.05) is 5.71 Å². The van der Waals surface area contributed by atoms with E-state index in [-0.39, 0.29) is 17.1 Å². The summed E-state index contributed by atoms with van der Waals surface area (Å²) in [5.41, 5.74) is 3.45. The van der Waals surface area contributed by atoms with Crippen molar-refractivity contribution in [1.29, 1.82) is 0 Å². The molecule has 0 spiro atoms. The molecule has 5 nitrogen and oxygen atoms in total. The molecule has 0 heterocycles. The summed E-state index contributed by atoms with van der Waals surface area (Å²) in [6.45, 7) is 2.09. The lowest BCUT2D eigenvalue weighted by Crippen LogP contribution is -2.24. The van der Waals surface area contributed by atoms with Crippen molar-refractivity contribution in [3.63, 3.8) is 0 Å². The molecule has 0 aliphatic heterocycles. The van der Waals surface area contributed by atoms with Crippen LogP contribution in [0.25, 0.3) is 0 Å². The van der Waals surface area contributed by atoms with Crippen LogP contribution in [0.15, 0.2) is 23.3 Å². The largest absolute Gasteiger partial charge is 0.508 e. The van der Waals surface area contributed by atoms with Gasteiger partial charge in [0.1, 0.15) is 11.5 Å². The van der Waals surface area contributed by atoms with Gasteiger partial charge < -0.3 is 10.2 Å². The first-order chi connectivity index (χ1) is 9.08. The fourth-order valence-corrected chi connectivity index (χ4v) is 2.22. The van der Waals surface area contributed by atoms with E-state index in [1.54, 1.807) is 0 Å². The molecule has 1 fully saturated rings. The number of hydrogen-bond donors (Lipinski definition) is 3. The molecule has 0 bridgehead atoms. The first-order valence-corrected chi connectivity index (χ1v) is 6.46. The molecule has 1 aromatic rings. The quantitative estimate of drug-likeness (QED) is 0.565. The summed E-state index contributed by atoms with van der Waals surface area (Å²) in [4.78, 5) is 11.9. The van der Waals surface area contributed by atoms with E-state index in [9.17, 15) is 15.0 Å². The first kappa shape index (κ1) is 13.4. The van der Waals surface area contributed by atoms with Crippen molar-refractivity contribution in [3.8, 4) is 11.5 Å². The second kappa shape index (κ2) is 5.73. The number of nitrogens with one attached hydrogen (secondary N) is 1. The van der Waals surface area contributed by atoms with E-state index in [1.807, 2.05) is 0 Å².